The van der Waals surface area contributed by atoms with Crippen LogP contribution < -0.4 is 10.1 Å². The normalized spacial score (nSPS) is 11.9. The minimum atomic E-state index is -0.336. The molecule has 0 bridgehead atoms. The quantitative estimate of drug-likeness (QED) is 0.846. The predicted octanol–water partition coefficient (Wildman–Crippen LogP) is 3.29. The Morgan fingerprint density at radius 1 is 1.44 bits per heavy atom. The lowest BCUT2D eigenvalue weighted by Crippen LogP contribution is -2.29. The van der Waals surface area contributed by atoms with Crippen LogP contribution in [0.25, 0.3) is 0 Å². The molecule has 0 unspecified atom stereocenters. The van der Waals surface area contributed by atoms with E-state index in [9.17, 15) is 4.39 Å². The van der Waals surface area contributed by atoms with Crippen LogP contribution in [0, 0.1) is 5.82 Å². The van der Waals surface area contributed by atoms with Crippen molar-refractivity contribution in [3.05, 3.63) is 23.6 Å². The highest BCUT2D eigenvalue weighted by Gasteiger charge is 2.20. The molecule has 1 N–H and O–H groups in total. The zero-order valence-electron chi connectivity index (χ0n) is 11.9. The Morgan fingerprint density at radius 2 is 2.11 bits per heavy atom. The fraction of sp³-hybridized carbons (Fsp3) is 0.643. The van der Waals surface area contributed by atoms with Crippen LogP contribution in [0.1, 0.15) is 46.6 Å². The van der Waals surface area contributed by atoms with Gasteiger partial charge < -0.3 is 10.1 Å². The molecule has 1 heterocycles. The van der Waals surface area contributed by atoms with Gasteiger partial charge in [-0.05, 0) is 26.3 Å². The second kappa shape index (κ2) is 6.14. The molecule has 0 atom stereocenters. The third kappa shape index (κ3) is 4.61. The van der Waals surface area contributed by atoms with Crippen molar-refractivity contribution in [2.24, 2.45) is 0 Å². The van der Waals surface area contributed by atoms with E-state index < -0.39 is 0 Å². The molecule has 0 amide bonds. The summed E-state index contributed by atoms with van der Waals surface area (Å²) in [6, 6.07) is 1.81. The second-order valence-corrected chi connectivity index (χ2v) is 5.37. The molecule has 0 aliphatic carbocycles. The third-order valence-electron chi connectivity index (χ3n) is 2.82. The lowest BCUT2D eigenvalue weighted by atomic mass is 10.1. The molecule has 0 radical (unpaired) electrons. The van der Waals surface area contributed by atoms with E-state index in [1.165, 1.54) is 12.3 Å². The number of nitrogens with one attached hydrogen (secondary N) is 1. The molecule has 0 aromatic carbocycles. The van der Waals surface area contributed by atoms with Crippen molar-refractivity contribution in [2.45, 2.75) is 59.2 Å². The molecular formula is C14H23FN2O. The topological polar surface area (TPSA) is 34.1 Å². The van der Waals surface area contributed by atoms with Crippen LogP contribution in [-0.4, -0.2) is 16.6 Å². The van der Waals surface area contributed by atoms with Gasteiger partial charge in [-0.1, -0.05) is 20.8 Å². The Morgan fingerprint density at radius 3 is 2.67 bits per heavy atom. The van der Waals surface area contributed by atoms with Crippen molar-refractivity contribution in [1.29, 1.82) is 0 Å². The summed E-state index contributed by atoms with van der Waals surface area (Å²) in [6.45, 7) is 10.7. The predicted molar refractivity (Wildman–Crippen MR) is 71.2 cm³/mol. The highest BCUT2D eigenvalue weighted by molar-refractivity contribution is 5.26. The highest BCUT2D eigenvalue weighted by Crippen LogP contribution is 2.23. The van der Waals surface area contributed by atoms with E-state index in [2.05, 4.69) is 17.2 Å². The number of pyridine rings is 1. The maximum absolute atomic E-state index is 13.2. The highest BCUT2D eigenvalue weighted by atomic mass is 19.1. The molecule has 4 heteroatoms. The number of hydrogen-bond acceptors (Lipinski definition) is 3. The molecular weight excluding hydrogens is 231 g/mol. The number of aromatic nitrogens is 1. The Kier molecular flexibility index (Phi) is 5.08. The van der Waals surface area contributed by atoms with Crippen molar-refractivity contribution >= 4 is 0 Å². The number of hydrogen-bond donors (Lipinski definition) is 1. The van der Waals surface area contributed by atoms with Gasteiger partial charge in [0.05, 0.1) is 6.20 Å². The number of nitrogens with zero attached hydrogens (tertiary/aromatic N) is 1. The van der Waals surface area contributed by atoms with Crippen molar-refractivity contribution in [1.82, 2.24) is 10.3 Å². The average molecular weight is 254 g/mol. The minimum absolute atomic E-state index is 0.294. The van der Waals surface area contributed by atoms with Crippen LogP contribution in [0.2, 0.25) is 0 Å². The molecule has 0 saturated carbocycles. The Labute approximate surface area is 109 Å². The summed E-state index contributed by atoms with van der Waals surface area (Å²) in [7, 11) is 0. The van der Waals surface area contributed by atoms with Crippen LogP contribution in [0.15, 0.2) is 12.3 Å². The van der Waals surface area contributed by atoms with E-state index in [4.69, 9.17) is 4.74 Å². The van der Waals surface area contributed by atoms with Crippen LogP contribution in [0.5, 0.6) is 5.88 Å². The fourth-order valence-corrected chi connectivity index (χ4v) is 1.34. The molecule has 3 nitrogen and oxygen atoms in total. The van der Waals surface area contributed by atoms with Gasteiger partial charge in [0.1, 0.15) is 11.4 Å². The van der Waals surface area contributed by atoms with E-state index in [1.54, 1.807) is 0 Å². The van der Waals surface area contributed by atoms with Crippen molar-refractivity contribution in [3.63, 3.8) is 0 Å². The van der Waals surface area contributed by atoms with Gasteiger partial charge >= 0.3 is 0 Å². The lowest BCUT2D eigenvalue weighted by molar-refractivity contribution is 0.0971. The average Bonchev–Trinajstić information content (AvgIpc) is 2.29. The summed E-state index contributed by atoms with van der Waals surface area (Å²) >= 11 is 0. The van der Waals surface area contributed by atoms with Gasteiger partial charge in [-0.15, -0.1) is 0 Å². The van der Waals surface area contributed by atoms with Gasteiger partial charge in [-0.2, -0.15) is 0 Å². The van der Waals surface area contributed by atoms with Crippen molar-refractivity contribution in [2.75, 3.05) is 0 Å². The first kappa shape index (κ1) is 14.9. The monoisotopic (exact) mass is 254 g/mol. The maximum Gasteiger partial charge on any atom is 0.218 e. The number of ether oxygens (including phenoxy) is 1. The number of rotatable bonds is 6. The first-order chi connectivity index (χ1) is 8.34. The molecule has 1 aromatic rings. The maximum atomic E-state index is 13.2. The first-order valence-electron chi connectivity index (χ1n) is 6.41. The molecule has 0 saturated heterocycles. The smallest absolute Gasteiger partial charge is 0.218 e. The zero-order valence-corrected chi connectivity index (χ0v) is 11.9. The van der Waals surface area contributed by atoms with E-state index in [1.807, 2.05) is 27.7 Å². The molecule has 1 rings (SSSR count). The van der Waals surface area contributed by atoms with Gasteiger partial charge in [0.2, 0.25) is 5.88 Å². The van der Waals surface area contributed by atoms with E-state index >= 15 is 0 Å². The van der Waals surface area contributed by atoms with Gasteiger partial charge in [-0.3, -0.25) is 0 Å². The minimum Gasteiger partial charge on any atom is -0.471 e. The molecule has 0 spiro atoms. The van der Waals surface area contributed by atoms with Gasteiger partial charge in [0.25, 0.3) is 0 Å². The summed E-state index contributed by atoms with van der Waals surface area (Å²) < 4.78 is 19.1. The lowest BCUT2D eigenvalue weighted by Gasteiger charge is -2.25. The summed E-state index contributed by atoms with van der Waals surface area (Å²) in [5, 5.41) is 3.25. The third-order valence-corrected chi connectivity index (χ3v) is 2.82. The molecule has 102 valence electrons. The van der Waals surface area contributed by atoms with E-state index in [0.29, 0.717) is 18.5 Å². The molecule has 0 fully saturated rings. The largest absolute Gasteiger partial charge is 0.471 e. The Bertz CT molecular complexity index is 391. The molecule has 0 aliphatic heterocycles. The fourth-order valence-electron chi connectivity index (χ4n) is 1.34. The summed E-state index contributed by atoms with van der Waals surface area (Å²) in [6.07, 6.45) is 2.06. The summed E-state index contributed by atoms with van der Waals surface area (Å²) in [5.74, 6) is 0.175. The van der Waals surface area contributed by atoms with Crippen molar-refractivity contribution in [3.8, 4) is 5.88 Å². The van der Waals surface area contributed by atoms with Gasteiger partial charge in [0.15, 0.2) is 0 Å². The molecule has 1 aromatic heterocycles. The summed E-state index contributed by atoms with van der Waals surface area (Å²) in [4.78, 5) is 4.05. The number of halogens is 1. The van der Waals surface area contributed by atoms with Crippen LogP contribution >= 0.6 is 0 Å². The SMILES string of the molecule is CCC(C)(C)Oc1ncc(F)cc1CNC(C)C. The van der Waals surface area contributed by atoms with E-state index in [0.717, 1.165) is 12.0 Å². The van der Waals surface area contributed by atoms with Crippen molar-refractivity contribution < 1.29 is 9.13 Å². The molecule has 18 heavy (non-hydrogen) atoms. The summed E-state index contributed by atoms with van der Waals surface area (Å²) in [5.41, 5.74) is 0.461. The Balaban J connectivity index is 2.89. The standard InChI is InChI=1S/C14H23FN2O/c1-6-14(4,5)18-13-11(8-16-10(2)3)7-12(15)9-17-13/h7,9-10,16H,6,8H2,1-5H3. The van der Waals surface area contributed by atoms with Crippen LogP contribution in [0.3, 0.4) is 0 Å². The van der Waals surface area contributed by atoms with Gasteiger partial charge in [0, 0.05) is 18.2 Å². The zero-order chi connectivity index (χ0) is 13.8. The van der Waals surface area contributed by atoms with E-state index in [-0.39, 0.29) is 11.4 Å². The van der Waals surface area contributed by atoms with Crippen LogP contribution in [0.4, 0.5) is 4.39 Å². The van der Waals surface area contributed by atoms with Crippen LogP contribution in [-0.2, 0) is 6.54 Å². The Hall–Kier alpha value is -1.16. The first-order valence-corrected chi connectivity index (χ1v) is 6.41. The van der Waals surface area contributed by atoms with Gasteiger partial charge in [-0.25, -0.2) is 9.37 Å². The molecule has 0 aliphatic rings. The second-order valence-electron chi connectivity index (χ2n) is 5.37.